The van der Waals surface area contributed by atoms with Crippen LogP contribution in [0.4, 0.5) is 5.13 Å². The molecule has 1 aromatic heterocycles. The van der Waals surface area contributed by atoms with Crippen molar-refractivity contribution in [1.29, 1.82) is 0 Å². The van der Waals surface area contributed by atoms with E-state index < -0.39 is 0 Å². The van der Waals surface area contributed by atoms with Crippen LogP contribution < -0.4 is 5.32 Å². The third-order valence-corrected chi connectivity index (χ3v) is 6.36. The highest BCUT2D eigenvalue weighted by Gasteiger charge is 2.23. The highest BCUT2D eigenvalue weighted by molar-refractivity contribution is 9.10. The van der Waals surface area contributed by atoms with Crippen LogP contribution in [0.1, 0.15) is 46.0 Å². The van der Waals surface area contributed by atoms with Crippen molar-refractivity contribution in [2.24, 2.45) is 5.92 Å². The molecule has 0 aliphatic carbocycles. The smallest absolute Gasteiger partial charge is 0.227 e. The monoisotopic (exact) mass is 510 g/mol. The van der Waals surface area contributed by atoms with Gasteiger partial charge in [-0.05, 0) is 25.0 Å². The van der Waals surface area contributed by atoms with E-state index in [0.717, 1.165) is 40.7 Å². The Morgan fingerprint density at radius 2 is 2.06 bits per heavy atom. The van der Waals surface area contributed by atoms with Crippen molar-refractivity contribution in [3.05, 3.63) is 28.7 Å². The number of ether oxygens (including phenoxy) is 1. The fourth-order valence-corrected chi connectivity index (χ4v) is 4.33. The Morgan fingerprint density at radius 3 is 2.74 bits per heavy atom. The van der Waals surface area contributed by atoms with Crippen molar-refractivity contribution in [2.45, 2.75) is 46.0 Å². The molecule has 7 nitrogen and oxygen atoms in total. The Kier molecular flexibility index (Phi) is 11.1. The molecule has 1 aromatic carbocycles. The lowest BCUT2D eigenvalue weighted by Gasteiger charge is -2.26. The van der Waals surface area contributed by atoms with Crippen LogP contribution in [0.5, 0.6) is 0 Å². The maximum absolute atomic E-state index is 13.0. The first-order chi connectivity index (χ1) is 15.0. The molecule has 0 saturated heterocycles. The number of hydrogen-bond donors (Lipinski definition) is 1. The molecule has 0 fully saturated rings. The molecule has 0 aliphatic rings. The number of unbranched alkanes of at least 4 members (excludes halogenated alkanes) is 1. The molecule has 1 N–H and O–H groups in total. The van der Waals surface area contributed by atoms with E-state index >= 15 is 0 Å². The summed E-state index contributed by atoms with van der Waals surface area (Å²) in [5.41, 5.74) is 0.932. The molecular formula is C22H31BrN4O3S. The van der Waals surface area contributed by atoms with E-state index in [1.807, 2.05) is 31.2 Å². The van der Waals surface area contributed by atoms with Gasteiger partial charge < -0.3 is 15.0 Å². The molecule has 1 unspecified atom stereocenters. The topological polar surface area (TPSA) is 84.4 Å². The van der Waals surface area contributed by atoms with Crippen molar-refractivity contribution in [3.63, 3.8) is 0 Å². The molecule has 170 valence electrons. The SMILES string of the molecule is CCCCC(CC)C(=O)N(CCOC)CCC(=O)Nc1nnc(-c2cccc(Br)c2)s1. The molecule has 0 saturated carbocycles. The van der Waals surface area contributed by atoms with E-state index in [-0.39, 0.29) is 24.2 Å². The second-order valence-corrected chi connectivity index (χ2v) is 9.18. The van der Waals surface area contributed by atoms with Gasteiger partial charge in [0.25, 0.3) is 0 Å². The molecule has 0 bridgehead atoms. The van der Waals surface area contributed by atoms with Crippen LogP contribution >= 0.6 is 27.3 Å². The van der Waals surface area contributed by atoms with Gasteiger partial charge in [0.15, 0.2) is 0 Å². The third-order valence-electron chi connectivity index (χ3n) is 4.98. The zero-order chi connectivity index (χ0) is 22.6. The summed E-state index contributed by atoms with van der Waals surface area (Å²) in [6, 6.07) is 7.76. The Bertz CT molecular complexity index is 846. The standard InChI is InChI=1S/C22H31BrN4O3S/c1-4-6-8-16(5-2)21(29)27(13-14-30-3)12-11-19(28)24-22-26-25-20(31-22)17-9-7-10-18(23)15-17/h7,9-10,15-16H,4-6,8,11-14H2,1-3H3,(H,24,26,28). The van der Waals surface area contributed by atoms with E-state index in [9.17, 15) is 9.59 Å². The molecule has 2 rings (SSSR count). The van der Waals surface area contributed by atoms with E-state index in [2.05, 4.69) is 38.4 Å². The fraction of sp³-hybridized carbons (Fsp3) is 0.545. The number of methoxy groups -OCH3 is 1. The highest BCUT2D eigenvalue weighted by Crippen LogP contribution is 2.28. The summed E-state index contributed by atoms with van der Waals surface area (Å²) in [6.07, 6.45) is 3.97. The van der Waals surface area contributed by atoms with Gasteiger partial charge in [-0.25, -0.2) is 0 Å². The minimum Gasteiger partial charge on any atom is -0.383 e. The van der Waals surface area contributed by atoms with E-state index in [1.54, 1.807) is 12.0 Å². The van der Waals surface area contributed by atoms with Gasteiger partial charge in [0, 0.05) is 42.6 Å². The third kappa shape index (κ3) is 8.31. The summed E-state index contributed by atoms with van der Waals surface area (Å²) in [5, 5.41) is 12.2. The molecule has 2 amide bonds. The summed E-state index contributed by atoms with van der Waals surface area (Å²) in [6.45, 7) is 5.45. The van der Waals surface area contributed by atoms with Crippen LogP contribution in [0.3, 0.4) is 0 Å². The average molecular weight is 511 g/mol. The van der Waals surface area contributed by atoms with Crippen molar-refractivity contribution in [1.82, 2.24) is 15.1 Å². The van der Waals surface area contributed by atoms with E-state index in [0.29, 0.717) is 24.8 Å². The van der Waals surface area contributed by atoms with Crippen LogP contribution in [0, 0.1) is 5.92 Å². The molecule has 0 radical (unpaired) electrons. The molecule has 31 heavy (non-hydrogen) atoms. The van der Waals surface area contributed by atoms with Gasteiger partial charge in [-0.3, -0.25) is 9.59 Å². The Balaban J connectivity index is 1.94. The van der Waals surface area contributed by atoms with Gasteiger partial charge in [-0.15, -0.1) is 10.2 Å². The maximum Gasteiger partial charge on any atom is 0.227 e. The lowest BCUT2D eigenvalue weighted by Crippen LogP contribution is -2.40. The molecule has 1 atom stereocenters. The zero-order valence-corrected chi connectivity index (χ0v) is 20.8. The minimum atomic E-state index is -0.186. The zero-order valence-electron chi connectivity index (χ0n) is 18.4. The summed E-state index contributed by atoms with van der Waals surface area (Å²) < 4.78 is 6.11. The number of rotatable bonds is 13. The number of carbonyl (C=O) groups excluding carboxylic acids is 2. The van der Waals surface area contributed by atoms with Crippen LogP contribution in [0.25, 0.3) is 10.6 Å². The molecule has 9 heteroatoms. The molecule has 2 aromatic rings. The summed E-state index contributed by atoms with van der Waals surface area (Å²) >= 11 is 4.76. The van der Waals surface area contributed by atoms with Crippen LogP contribution in [0.15, 0.2) is 28.7 Å². The number of aromatic nitrogens is 2. The minimum absolute atomic E-state index is 0.00390. The first-order valence-electron chi connectivity index (χ1n) is 10.6. The average Bonchev–Trinajstić information content (AvgIpc) is 3.22. The van der Waals surface area contributed by atoms with Gasteiger partial charge in [0.2, 0.25) is 16.9 Å². The van der Waals surface area contributed by atoms with Crippen molar-refractivity contribution in [3.8, 4) is 10.6 Å². The number of halogens is 1. The van der Waals surface area contributed by atoms with Gasteiger partial charge >= 0.3 is 0 Å². The quantitative estimate of drug-likeness (QED) is 0.410. The molecule has 0 aliphatic heterocycles. The number of amides is 2. The first-order valence-corrected chi connectivity index (χ1v) is 12.3. The molecule has 1 heterocycles. The molecular weight excluding hydrogens is 480 g/mol. The van der Waals surface area contributed by atoms with Crippen LogP contribution in [-0.4, -0.2) is 53.7 Å². The Labute approximate surface area is 196 Å². The highest BCUT2D eigenvalue weighted by atomic mass is 79.9. The van der Waals surface area contributed by atoms with Crippen LogP contribution in [-0.2, 0) is 14.3 Å². The second-order valence-electron chi connectivity index (χ2n) is 7.29. The maximum atomic E-state index is 13.0. The fourth-order valence-electron chi connectivity index (χ4n) is 3.17. The largest absolute Gasteiger partial charge is 0.383 e. The predicted octanol–water partition coefficient (Wildman–Crippen LogP) is 4.99. The number of anilines is 1. The number of hydrogen-bond acceptors (Lipinski definition) is 6. The number of nitrogens with one attached hydrogen (secondary N) is 1. The Morgan fingerprint density at radius 1 is 1.26 bits per heavy atom. The summed E-state index contributed by atoms with van der Waals surface area (Å²) in [5.74, 6) is -0.0850. The van der Waals surface area contributed by atoms with Crippen molar-refractivity contribution >= 4 is 44.2 Å². The van der Waals surface area contributed by atoms with Gasteiger partial charge in [-0.1, -0.05) is 66.1 Å². The first kappa shape index (κ1) is 25.4. The van der Waals surface area contributed by atoms with E-state index in [4.69, 9.17) is 4.74 Å². The summed E-state index contributed by atoms with van der Waals surface area (Å²) in [4.78, 5) is 27.2. The Hall–Kier alpha value is -1.84. The number of carbonyl (C=O) groups is 2. The molecule has 0 spiro atoms. The van der Waals surface area contributed by atoms with Crippen molar-refractivity contribution < 1.29 is 14.3 Å². The second kappa shape index (κ2) is 13.5. The van der Waals surface area contributed by atoms with Gasteiger partial charge in [-0.2, -0.15) is 0 Å². The van der Waals surface area contributed by atoms with Gasteiger partial charge in [0.05, 0.1) is 6.61 Å². The van der Waals surface area contributed by atoms with Crippen LogP contribution in [0.2, 0.25) is 0 Å². The number of nitrogens with zero attached hydrogens (tertiary/aromatic N) is 3. The van der Waals surface area contributed by atoms with E-state index in [1.165, 1.54) is 11.3 Å². The normalized spacial score (nSPS) is 11.9. The number of benzene rings is 1. The van der Waals surface area contributed by atoms with Crippen molar-refractivity contribution in [2.75, 3.05) is 32.1 Å². The lowest BCUT2D eigenvalue weighted by atomic mass is 9.97. The lowest BCUT2D eigenvalue weighted by molar-refractivity contribution is -0.137. The van der Waals surface area contributed by atoms with Gasteiger partial charge in [0.1, 0.15) is 5.01 Å². The predicted molar refractivity (Wildman–Crippen MR) is 128 cm³/mol. The summed E-state index contributed by atoms with van der Waals surface area (Å²) in [7, 11) is 1.61.